The summed E-state index contributed by atoms with van der Waals surface area (Å²) in [6, 6.07) is 6.27. The van der Waals surface area contributed by atoms with E-state index in [1.807, 2.05) is 0 Å². The molecular formula is C13H13ClN2O3. The Bertz CT molecular complexity index is 532. The molecule has 0 aliphatic carbocycles. The van der Waals surface area contributed by atoms with Crippen molar-refractivity contribution < 1.29 is 14.3 Å². The van der Waals surface area contributed by atoms with E-state index in [1.165, 1.54) is 0 Å². The van der Waals surface area contributed by atoms with Crippen LogP contribution in [0.3, 0.4) is 0 Å². The van der Waals surface area contributed by atoms with Crippen LogP contribution < -0.4 is 10.6 Å². The number of imide groups is 1. The van der Waals surface area contributed by atoms with Gasteiger partial charge >= 0.3 is 6.03 Å². The minimum Gasteiger partial charge on any atom is -0.374 e. The summed E-state index contributed by atoms with van der Waals surface area (Å²) in [4.78, 5) is 23.5. The summed E-state index contributed by atoms with van der Waals surface area (Å²) >= 11 is 6.11. The van der Waals surface area contributed by atoms with Crippen LogP contribution >= 0.6 is 11.6 Å². The van der Waals surface area contributed by atoms with Gasteiger partial charge in [0.25, 0.3) is 5.91 Å². The van der Waals surface area contributed by atoms with Crippen LogP contribution in [-0.2, 0) is 15.1 Å². The molecule has 6 heteroatoms. The minimum absolute atomic E-state index is 0.0136. The molecule has 1 atom stereocenters. The van der Waals surface area contributed by atoms with E-state index in [2.05, 4.69) is 17.2 Å². The van der Waals surface area contributed by atoms with Gasteiger partial charge in [-0.05, 0) is 6.07 Å². The van der Waals surface area contributed by atoms with Crippen LogP contribution in [0.15, 0.2) is 36.9 Å². The van der Waals surface area contributed by atoms with Crippen molar-refractivity contribution in [3.8, 4) is 0 Å². The Morgan fingerprint density at radius 1 is 1.37 bits per heavy atom. The highest BCUT2D eigenvalue weighted by Gasteiger charge is 2.49. The number of halogens is 1. The number of hydrogen-bond acceptors (Lipinski definition) is 3. The maximum absolute atomic E-state index is 12.1. The predicted molar refractivity (Wildman–Crippen MR) is 70.8 cm³/mol. The monoisotopic (exact) mass is 280 g/mol. The molecule has 1 heterocycles. The normalized spacial score (nSPS) is 21.9. The smallest absolute Gasteiger partial charge is 0.322 e. The van der Waals surface area contributed by atoms with Crippen molar-refractivity contribution in [2.45, 2.75) is 5.54 Å². The van der Waals surface area contributed by atoms with E-state index in [9.17, 15) is 9.59 Å². The van der Waals surface area contributed by atoms with E-state index < -0.39 is 17.5 Å². The first-order valence-corrected chi connectivity index (χ1v) is 6.05. The van der Waals surface area contributed by atoms with E-state index in [1.54, 1.807) is 30.3 Å². The van der Waals surface area contributed by atoms with Gasteiger partial charge in [-0.15, -0.1) is 6.58 Å². The van der Waals surface area contributed by atoms with Gasteiger partial charge in [0.1, 0.15) is 0 Å². The number of carbonyl (C=O) groups excluding carboxylic acids is 2. The molecule has 3 amide bonds. The number of urea groups is 1. The number of ether oxygens (including phenoxy) is 1. The molecule has 1 saturated heterocycles. The highest BCUT2D eigenvalue weighted by atomic mass is 35.5. The molecule has 2 rings (SSSR count). The highest BCUT2D eigenvalue weighted by Crippen LogP contribution is 2.31. The number of carbonyl (C=O) groups is 2. The van der Waals surface area contributed by atoms with Crippen LogP contribution in [-0.4, -0.2) is 25.2 Å². The largest absolute Gasteiger partial charge is 0.374 e. The van der Waals surface area contributed by atoms with E-state index >= 15 is 0 Å². The van der Waals surface area contributed by atoms with E-state index in [0.29, 0.717) is 10.6 Å². The Kier molecular flexibility index (Phi) is 3.87. The van der Waals surface area contributed by atoms with Crippen LogP contribution in [0.1, 0.15) is 5.56 Å². The maximum Gasteiger partial charge on any atom is 0.322 e. The third kappa shape index (κ3) is 2.47. The van der Waals surface area contributed by atoms with Gasteiger partial charge in [0.05, 0.1) is 13.2 Å². The Morgan fingerprint density at radius 3 is 2.68 bits per heavy atom. The molecule has 1 aromatic rings. The van der Waals surface area contributed by atoms with Gasteiger partial charge in [-0.3, -0.25) is 10.1 Å². The Hall–Kier alpha value is -1.85. The molecule has 1 aliphatic rings. The number of amides is 3. The minimum atomic E-state index is -1.29. The summed E-state index contributed by atoms with van der Waals surface area (Å²) in [6.45, 7) is 3.79. The van der Waals surface area contributed by atoms with Crippen molar-refractivity contribution in [1.29, 1.82) is 0 Å². The Balaban J connectivity index is 2.40. The molecule has 5 nitrogen and oxygen atoms in total. The first-order chi connectivity index (χ1) is 9.10. The SMILES string of the molecule is C=CCOCC1(c2ccccc2Cl)NC(=O)NC1=O. The number of nitrogens with one attached hydrogen (secondary N) is 2. The molecule has 0 bridgehead atoms. The molecule has 0 saturated carbocycles. The zero-order valence-corrected chi connectivity index (χ0v) is 10.9. The Morgan fingerprint density at radius 2 is 2.11 bits per heavy atom. The van der Waals surface area contributed by atoms with E-state index in [-0.39, 0.29) is 13.2 Å². The second-order valence-electron chi connectivity index (χ2n) is 4.10. The average Bonchev–Trinajstić information content (AvgIpc) is 2.66. The molecule has 1 unspecified atom stereocenters. The summed E-state index contributed by atoms with van der Waals surface area (Å²) in [7, 11) is 0. The third-order valence-corrected chi connectivity index (χ3v) is 3.16. The number of rotatable bonds is 5. The summed E-state index contributed by atoms with van der Waals surface area (Å²) < 4.78 is 5.35. The predicted octanol–water partition coefficient (Wildman–Crippen LogP) is 1.58. The van der Waals surface area contributed by atoms with Gasteiger partial charge in [-0.1, -0.05) is 35.9 Å². The zero-order valence-electron chi connectivity index (χ0n) is 10.1. The molecule has 19 heavy (non-hydrogen) atoms. The average molecular weight is 281 g/mol. The van der Waals surface area contributed by atoms with Crippen molar-refractivity contribution in [2.24, 2.45) is 0 Å². The summed E-state index contributed by atoms with van der Waals surface area (Å²) in [5, 5.41) is 5.19. The lowest BCUT2D eigenvalue weighted by molar-refractivity contribution is -0.126. The van der Waals surface area contributed by atoms with Crippen LogP contribution in [0.4, 0.5) is 4.79 Å². The third-order valence-electron chi connectivity index (χ3n) is 2.83. The van der Waals surface area contributed by atoms with Gasteiger partial charge in [0.2, 0.25) is 0 Å². The van der Waals surface area contributed by atoms with Crippen LogP contribution in [0.5, 0.6) is 0 Å². The van der Waals surface area contributed by atoms with Crippen molar-refractivity contribution in [3.63, 3.8) is 0 Å². The lowest BCUT2D eigenvalue weighted by Crippen LogP contribution is -2.48. The van der Waals surface area contributed by atoms with Gasteiger partial charge in [-0.2, -0.15) is 0 Å². The molecular weight excluding hydrogens is 268 g/mol. The fourth-order valence-electron chi connectivity index (χ4n) is 1.96. The lowest BCUT2D eigenvalue weighted by Gasteiger charge is -2.27. The van der Waals surface area contributed by atoms with E-state index in [0.717, 1.165) is 0 Å². The van der Waals surface area contributed by atoms with Gasteiger partial charge < -0.3 is 10.1 Å². The molecule has 0 radical (unpaired) electrons. The van der Waals surface area contributed by atoms with Crippen LogP contribution in [0.25, 0.3) is 0 Å². The maximum atomic E-state index is 12.1. The lowest BCUT2D eigenvalue weighted by atomic mass is 9.91. The molecule has 1 aromatic carbocycles. The first kappa shape index (κ1) is 13.6. The highest BCUT2D eigenvalue weighted by molar-refractivity contribution is 6.32. The van der Waals surface area contributed by atoms with Crippen molar-refractivity contribution >= 4 is 23.5 Å². The van der Waals surface area contributed by atoms with Gasteiger partial charge in [0, 0.05) is 10.6 Å². The van der Waals surface area contributed by atoms with Crippen molar-refractivity contribution in [1.82, 2.24) is 10.6 Å². The fraction of sp³-hybridized carbons (Fsp3) is 0.231. The summed E-state index contributed by atoms with van der Waals surface area (Å²) in [6.07, 6.45) is 1.56. The topological polar surface area (TPSA) is 67.4 Å². The zero-order chi connectivity index (χ0) is 13.9. The summed E-state index contributed by atoms with van der Waals surface area (Å²) in [5.74, 6) is -0.477. The second-order valence-corrected chi connectivity index (χ2v) is 4.50. The van der Waals surface area contributed by atoms with Gasteiger partial charge in [-0.25, -0.2) is 4.79 Å². The molecule has 1 fully saturated rings. The van der Waals surface area contributed by atoms with Crippen LogP contribution in [0.2, 0.25) is 5.02 Å². The van der Waals surface area contributed by atoms with E-state index in [4.69, 9.17) is 16.3 Å². The Labute approximate surface area is 115 Å². The molecule has 0 spiro atoms. The molecule has 100 valence electrons. The quantitative estimate of drug-likeness (QED) is 0.489. The first-order valence-electron chi connectivity index (χ1n) is 5.67. The standard InChI is InChI=1S/C13H13ClN2O3/c1-2-7-19-8-13(11(17)15-12(18)16-13)9-5-3-4-6-10(9)14/h2-6H,1,7-8H2,(H2,15,16,17,18). The second kappa shape index (κ2) is 5.42. The summed E-state index contributed by atoms with van der Waals surface area (Å²) in [5.41, 5.74) is -0.789. The van der Waals surface area contributed by atoms with Crippen molar-refractivity contribution in [2.75, 3.05) is 13.2 Å². The molecule has 1 aliphatic heterocycles. The number of benzene rings is 1. The van der Waals surface area contributed by atoms with Crippen molar-refractivity contribution in [3.05, 3.63) is 47.5 Å². The molecule has 0 aromatic heterocycles. The van der Waals surface area contributed by atoms with Crippen LogP contribution in [0, 0.1) is 0 Å². The number of hydrogen-bond donors (Lipinski definition) is 2. The molecule has 2 N–H and O–H groups in total. The fourth-order valence-corrected chi connectivity index (χ4v) is 2.26. The van der Waals surface area contributed by atoms with Gasteiger partial charge in [0.15, 0.2) is 5.54 Å².